The van der Waals surface area contributed by atoms with Crippen LogP contribution in [0.3, 0.4) is 0 Å². The summed E-state index contributed by atoms with van der Waals surface area (Å²) in [6.45, 7) is 5.13. The molecule has 114 valence electrons. The van der Waals surface area contributed by atoms with E-state index in [4.69, 9.17) is 5.73 Å². The van der Waals surface area contributed by atoms with E-state index < -0.39 is 0 Å². The van der Waals surface area contributed by atoms with E-state index in [1.807, 2.05) is 0 Å². The van der Waals surface area contributed by atoms with Crippen LogP contribution in [-0.4, -0.2) is 20.2 Å². The molecule has 1 unspecified atom stereocenters. The molecule has 0 spiro atoms. The second-order valence-corrected chi connectivity index (χ2v) is 5.33. The van der Waals surface area contributed by atoms with Crippen molar-refractivity contribution in [2.24, 2.45) is 5.92 Å². The van der Waals surface area contributed by atoms with Gasteiger partial charge in [0.2, 0.25) is 0 Å². The number of rotatable bonds is 7. The SMILES string of the molecule is CCCCC(CC)Cn1nnnc1-c1ccc(F)cc1N. The van der Waals surface area contributed by atoms with Gasteiger partial charge in [-0.05, 0) is 41.0 Å². The topological polar surface area (TPSA) is 69.6 Å². The zero-order chi connectivity index (χ0) is 15.2. The van der Waals surface area contributed by atoms with Crippen LogP contribution >= 0.6 is 0 Å². The molecule has 0 saturated heterocycles. The van der Waals surface area contributed by atoms with Gasteiger partial charge in [0.05, 0.1) is 0 Å². The molecular formula is C15H22FN5. The van der Waals surface area contributed by atoms with Crippen LogP contribution in [0.5, 0.6) is 0 Å². The third-order valence-corrected chi connectivity index (χ3v) is 3.76. The highest BCUT2D eigenvalue weighted by atomic mass is 19.1. The number of aromatic nitrogens is 4. The quantitative estimate of drug-likeness (QED) is 0.795. The Morgan fingerprint density at radius 2 is 2.14 bits per heavy atom. The first kappa shape index (κ1) is 15.4. The van der Waals surface area contributed by atoms with Crippen molar-refractivity contribution in [1.82, 2.24) is 20.2 Å². The Labute approximate surface area is 124 Å². The number of tetrazole rings is 1. The number of nitrogen functional groups attached to an aromatic ring is 1. The number of anilines is 1. The van der Waals surface area contributed by atoms with Crippen molar-refractivity contribution in [3.63, 3.8) is 0 Å². The Kier molecular flexibility index (Phi) is 5.25. The highest BCUT2D eigenvalue weighted by molar-refractivity contribution is 5.71. The molecule has 1 heterocycles. The minimum Gasteiger partial charge on any atom is -0.398 e. The van der Waals surface area contributed by atoms with Gasteiger partial charge >= 0.3 is 0 Å². The van der Waals surface area contributed by atoms with E-state index in [0.29, 0.717) is 23.0 Å². The molecule has 0 aliphatic carbocycles. The zero-order valence-corrected chi connectivity index (χ0v) is 12.6. The summed E-state index contributed by atoms with van der Waals surface area (Å²) in [6.07, 6.45) is 4.63. The maximum absolute atomic E-state index is 13.2. The minimum atomic E-state index is -0.357. The molecule has 21 heavy (non-hydrogen) atoms. The Balaban J connectivity index is 2.21. The molecule has 0 radical (unpaired) electrons. The van der Waals surface area contributed by atoms with Gasteiger partial charge in [-0.3, -0.25) is 0 Å². The summed E-state index contributed by atoms with van der Waals surface area (Å²) in [7, 11) is 0. The van der Waals surface area contributed by atoms with Gasteiger partial charge in [-0.25, -0.2) is 9.07 Å². The fourth-order valence-electron chi connectivity index (χ4n) is 2.42. The summed E-state index contributed by atoms with van der Waals surface area (Å²) in [4.78, 5) is 0. The number of halogens is 1. The van der Waals surface area contributed by atoms with Crippen molar-refractivity contribution in [3.8, 4) is 11.4 Å². The predicted molar refractivity (Wildman–Crippen MR) is 80.9 cm³/mol. The lowest BCUT2D eigenvalue weighted by molar-refractivity contribution is 0.370. The molecule has 0 saturated carbocycles. The summed E-state index contributed by atoms with van der Waals surface area (Å²) in [5, 5.41) is 11.8. The molecule has 1 aromatic heterocycles. The van der Waals surface area contributed by atoms with Gasteiger partial charge in [-0.15, -0.1) is 5.10 Å². The Morgan fingerprint density at radius 1 is 1.33 bits per heavy atom. The number of unbranched alkanes of at least 4 members (excludes halogenated alkanes) is 1. The summed E-state index contributed by atoms with van der Waals surface area (Å²) >= 11 is 0. The first-order valence-corrected chi connectivity index (χ1v) is 7.47. The van der Waals surface area contributed by atoms with E-state index in [-0.39, 0.29) is 5.82 Å². The van der Waals surface area contributed by atoms with E-state index in [1.54, 1.807) is 10.7 Å². The molecule has 0 amide bonds. The fourth-order valence-corrected chi connectivity index (χ4v) is 2.42. The minimum absolute atomic E-state index is 0.354. The molecule has 2 N–H and O–H groups in total. The van der Waals surface area contributed by atoms with Crippen molar-refractivity contribution < 1.29 is 4.39 Å². The smallest absolute Gasteiger partial charge is 0.184 e. The highest BCUT2D eigenvalue weighted by Gasteiger charge is 2.15. The van der Waals surface area contributed by atoms with Crippen LogP contribution in [0.4, 0.5) is 10.1 Å². The van der Waals surface area contributed by atoms with E-state index in [2.05, 4.69) is 29.4 Å². The largest absolute Gasteiger partial charge is 0.398 e. The van der Waals surface area contributed by atoms with Gasteiger partial charge in [-0.1, -0.05) is 33.1 Å². The van der Waals surface area contributed by atoms with E-state index >= 15 is 0 Å². The van der Waals surface area contributed by atoms with Gasteiger partial charge in [0, 0.05) is 17.8 Å². The van der Waals surface area contributed by atoms with Gasteiger partial charge in [-0.2, -0.15) is 0 Å². The van der Waals surface area contributed by atoms with Crippen LogP contribution in [0, 0.1) is 11.7 Å². The third-order valence-electron chi connectivity index (χ3n) is 3.76. The molecule has 5 nitrogen and oxygen atoms in total. The number of nitrogens with zero attached hydrogens (tertiary/aromatic N) is 4. The van der Waals surface area contributed by atoms with Gasteiger partial charge < -0.3 is 5.73 Å². The first-order valence-electron chi connectivity index (χ1n) is 7.47. The monoisotopic (exact) mass is 291 g/mol. The lowest BCUT2D eigenvalue weighted by atomic mass is 9.99. The maximum Gasteiger partial charge on any atom is 0.184 e. The molecular weight excluding hydrogens is 269 g/mol. The fraction of sp³-hybridized carbons (Fsp3) is 0.533. The van der Waals surface area contributed by atoms with Crippen LogP contribution in [-0.2, 0) is 6.54 Å². The standard InChI is InChI=1S/C15H22FN5/c1-3-5-6-11(4-2)10-21-15(18-19-20-21)13-8-7-12(16)9-14(13)17/h7-9,11H,3-6,10,17H2,1-2H3. The maximum atomic E-state index is 13.2. The molecule has 0 aliphatic rings. The zero-order valence-electron chi connectivity index (χ0n) is 12.6. The van der Waals surface area contributed by atoms with Gasteiger partial charge in [0.15, 0.2) is 5.82 Å². The number of hydrogen-bond acceptors (Lipinski definition) is 4. The summed E-state index contributed by atoms with van der Waals surface area (Å²) in [5.41, 5.74) is 6.90. The highest BCUT2D eigenvalue weighted by Crippen LogP contribution is 2.25. The molecule has 1 aromatic carbocycles. The molecule has 2 aromatic rings. The van der Waals surface area contributed by atoms with Crippen LogP contribution in [0.25, 0.3) is 11.4 Å². The molecule has 0 bridgehead atoms. The van der Waals surface area contributed by atoms with Crippen LogP contribution in [0.15, 0.2) is 18.2 Å². The first-order chi connectivity index (χ1) is 10.2. The second-order valence-electron chi connectivity index (χ2n) is 5.33. The van der Waals surface area contributed by atoms with Gasteiger partial charge in [0.1, 0.15) is 5.82 Å². The lowest BCUT2D eigenvalue weighted by Crippen LogP contribution is -2.13. The van der Waals surface area contributed by atoms with E-state index in [1.165, 1.54) is 25.0 Å². The molecule has 1 atom stereocenters. The normalized spacial score (nSPS) is 12.5. The molecule has 0 fully saturated rings. The van der Waals surface area contributed by atoms with Crippen molar-refractivity contribution >= 4 is 5.69 Å². The Bertz CT molecular complexity index is 581. The van der Waals surface area contributed by atoms with E-state index in [0.717, 1.165) is 19.4 Å². The van der Waals surface area contributed by atoms with Gasteiger partial charge in [0.25, 0.3) is 0 Å². The Morgan fingerprint density at radius 3 is 2.81 bits per heavy atom. The van der Waals surface area contributed by atoms with Crippen LogP contribution in [0.2, 0.25) is 0 Å². The Hall–Kier alpha value is -1.98. The summed E-state index contributed by atoms with van der Waals surface area (Å²) in [5.74, 6) is 0.779. The molecule has 6 heteroatoms. The number of benzene rings is 1. The average Bonchev–Trinajstić information content (AvgIpc) is 2.91. The van der Waals surface area contributed by atoms with Crippen LogP contribution < -0.4 is 5.73 Å². The van der Waals surface area contributed by atoms with Crippen molar-refractivity contribution in [1.29, 1.82) is 0 Å². The van der Waals surface area contributed by atoms with Crippen molar-refractivity contribution in [2.75, 3.05) is 5.73 Å². The summed E-state index contributed by atoms with van der Waals surface area (Å²) in [6, 6.07) is 4.29. The molecule has 0 aliphatic heterocycles. The van der Waals surface area contributed by atoms with Crippen LogP contribution in [0.1, 0.15) is 39.5 Å². The van der Waals surface area contributed by atoms with E-state index in [9.17, 15) is 4.39 Å². The lowest BCUT2D eigenvalue weighted by Gasteiger charge is -2.15. The average molecular weight is 291 g/mol. The van der Waals surface area contributed by atoms with Crippen molar-refractivity contribution in [3.05, 3.63) is 24.0 Å². The number of nitrogens with two attached hydrogens (primary N) is 1. The molecule has 2 rings (SSSR count). The second kappa shape index (κ2) is 7.15. The number of hydrogen-bond donors (Lipinski definition) is 1. The summed E-state index contributed by atoms with van der Waals surface area (Å²) < 4.78 is 14.9. The predicted octanol–water partition coefficient (Wildman–Crippen LogP) is 3.28. The third kappa shape index (κ3) is 3.77. The van der Waals surface area contributed by atoms with Crippen molar-refractivity contribution in [2.45, 2.75) is 46.1 Å².